The van der Waals surface area contributed by atoms with Crippen LogP contribution < -0.4 is 0 Å². The normalized spacial score (nSPS) is 41.0. The molecule has 3 heteroatoms. The van der Waals surface area contributed by atoms with E-state index in [0.717, 1.165) is 23.0 Å². The van der Waals surface area contributed by atoms with Crippen molar-refractivity contribution in [2.75, 3.05) is 0 Å². The molecule has 4 aliphatic rings. The Bertz CT molecular complexity index is 715. The van der Waals surface area contributed by atoms with Gasteiger partial charge in [-0.25, -0.2) is 9.97 Å². The molecule has 110 valence electrons. The standard InChI is InChI=1S/C18H23N3/c1-11-3-14-15(19-9-11)21-16(20-14)18-7-12-4-13(8-18)6-17(2,5-12)10-18/h3,9,12-13H,4-8,10H2,1-2H3,(H,19,20,21). The summed E-state index contributed by atoms with van der Waals surface area (Å²) >= 11 is 0. The Hall–Kier alpha value is -1.38. The molecule has 2 aromatic heterocycles. The number of imidazole rings is 1. The fraction of sp³-hybridized carbons (Fsp3) is 0.667. The van der Waals surface area contributed by atoms with Gasteiger partial charge in [-0.05, 0) is 74.3 Å². The summed E-state index contributed by atoms with van der Waals surface area (Å²) in [5.74, 6) is 3.09. The van der Waals surface area contributed by atoms with Gasteiger partial charge in [0, 0.05) is 11.6 Å². The van der Waals surface area contributed by atoms with E-state index in [1.54, 1.807) is 0 Å². The van der Waals surface area contributed by atoms with Crippen molar-refractivity contribution in [2.24, 2.45) is 17.3 Å². The molecule has 0 radical (unpaired) electrons. The highest BCUT2D eigenvalue weighted by Gasteiger charge is 2.57. The maximum atomic E-state index is 4.91. The Morgan fingerprint density at radius 1 is 1.19 bits per heavy atom. The first kappa shape index (κ1) is 12.2. The number of fused-ring (bicyclic) bond motifs is 1. The minimum atomic E-state index is 0.313. The summed E-state index contributed by atoms with van der Waals surface area (Å²) in [6.07, 6.45) is 10.3. The van der Waals surface area contributed by atoms with Gasteiger partial charge in [0.05, 0.1) is 5.52 Å². The maximum Gasteiger partial charge on any atom is 0.177 e. The number of aromatic nitrogens is 3. The first-order chi connectivity index (χ1) is 10.0. The third-order valence-corrected chi connectivity index (χ3v) is 6.33. The van der Waals surface area contributed by atoms with Gasteiger partial charge in [0.15, 0.2) is 5.65 Å². The number of nitrogens with zero attached hydrogens (tertiary/aromatic N) is 2. The summed E-state index contributed by atoms with van der Waals surface area (Å²) in [4.78, 5) is 13.0. The quantitative estimate of drug-likeness (QED) is 0.854. The lowest BCUT2D eigenvalue weighted by molar-refractivity contribution is -0.0644. The fourth-order valence-corrected chi connectivity index (χ4v) is 6.25. The lowest BCUT2D eigenvalue weighted by Gasteiger charge is -2.60. The lowest BCUT2D eigenvalue weighted by atomic mass is 9.44. The van der Waals surface area contributed by atoms with Crippen LogP contribution in [0.15, 0.2) is 12.3 Å². The van der Waals surface area contributed by atoms with Crippen LogP contribution in [0.3, 0.4) is 0 Å². The van der Waals surface area contributed by atoms with Crippen LogP contribution in [-0.2, 0) is 5.41 Å². The maximum absolute atomic E-state index is 4.91. The van der Waals surface area contributed by atoms with Crippen molar-refractivity contribution in [1.82, 2.24) is 15.0 Å². The minimum absolute atomic E-state index is 0.313. The molecule has 0 amide bonds. The number of aryl methyl sites for hydroxylation is 1. The molecule has 6 rings (SSSR count). The van der Waals surface area contributed by atoms with E-state index in [-0.39, 0.29) is 0 Å². The van der Waals surface area contributed by atoms with Crippen molar-refractivity contribution in [1.29, 1.82) is 0 Å². The van der Waals surface area contributed by atoms with Gasteiger partial charge in [-0.3, -0.25) is 0 Å². The van der Waals surface area contributed by atoms with Crippen molar-refractivity contribution in [3.8, 4) is 0 Å². The van der Waals surface area contributed by atoms with E-state index < -0.39 is 0 Å². The third-order valence-electron chi connectivity index (χ3n) is 6.33. The zero-order valence-electron chi connectivity index (χ0n) is 12.9. The van der Waals surface area contributed by atoms with Crippen molar-refractivity contribution in [2.45, 2.75) is 57.8 Å². The molecule has 2 heterocycles. The summed E-state index contributed by atoms with van der Waals surface area (Å²) in [5, 5.41) is 0. The van der Waals surface area contributed by atoms with Crippen LogP contribution in [0.25, 0.3) is 11.2 Å². The molecule has 0 spiro atoms. The highest BCUT2D eigenvalue weighted by molar-refractivity contribution is 5.71. The van der Waals surface area contributed by atoms with Crippen molar-refractivity contribution in [3.63, 3.8) is 0 Å². The van der Waals surface area contributed by atoms with Gasteiger partial charge in [0.25, 0.3) is 0 Å². The largest absolute Gasteiger partial charge is 0.340 e. The van der Waals surface area contributed by atoms with Crippen molar-refractivity contribution >= 4 is 11.2 Å². The molecule has 0 aromatic carbocycles. The fourth-order valence-electron chi connectivity index (χ4n) is 6.25. The van der Waals surface area contributed by atoms with E-state index in [4.69, 9.17) is 4.98 Å². The molecular formula is C18H23N3. The molecule has 4 saturated carbocycles. The Morgan fingerprint density at radius 3 is 2.67 bits per heavy atom. The smallest absolute Gasteiger partial charge is 0.177 e. The molecule has 1 N–H and O–H groups in total. The predicted octanol–water partition coefficient (Wildman–Crippen LogP) is 4.12. The van der Waals surface area contributed by atoms with E-state index in [1.807, 2.05) is 6.20 Å². The molecule has 0 aliphatic heterocycles. The molecule has 4 aliphatic carbocycles. The average Bonchev–Trinajstić information content (AvgIpc) is 2.79. The van der Waals surface area contributed by atoms with E-state index in [0.29, 0.717) is 10.8 Å². The van der Waals surface area contributed by atoms with Gasteiger partial charge in [-0.2, -0.15) is 0 Å². The zero-order valence-corrected chi connectivity index (χ0v) is 12.9. The number of hydrogen-bond donors (Lipinski definition) is 1. The van der Waals surface area contributed by atoms with Crippen molar-refractivity contribution in [3.05, 3.63) is 23.7 Å². The van der Waals surface area contributed by atoms with Gasteiger partial charge in [-0.15, -0.1) is 0 Å². The summed E-state index contributed by atoms with van der Waals surface area (Å²) in [6, 6.07) is 2.18. The Kier molecular flexibility index (Phi) is 2.14. The Labute approximate surface area is 125 Å². The SMILES string of the molecule is Cc1cnc2nc(C34CC5CC(CC(C)(C5)C3)C4)[nH]c2c1. The second-order valence-corrected chi connectivity index (χ2v) is 8.52. The van der Waals surface area contributed by atoms with Gasteiger partial charge in [-0.1, -0.05) is 6.92 Å². The molecule has 2 unspecified atom stereocenters. The van der Waals surface area contributed by atoms with Crippen LogP contribution in [0.1, 0.15) is 56.8 Å². The zero-order chi connectivity index (χ0) is 14.2. The van der Waals surface area contributed by atoms with E-state index >= 15 is 0 Å². The molecule has 3 nitrogen and oxygen atoms in total. The van der Waals surface area contributed by atoms with Gasteiger partial charge < -0.3 is 4.98 Å². The number of aromatic amines is 1. The number of hydrogen-bond acceptors (Lipinski definition) is 2. The molecule has 4 bridgehead atoms. The number of H-pyrrole nitrogens is 1. The third kappa shape index (κ3) is 1.66. The molecule has 0 saturated heterocycles. The molecule has 2 aromatic rings. The first-order valence-electron chi connectivity index (χ1n) is 8.37. The predicted molar refractivity (Wildman–Crippen MR) is 83.1 cm³/mol. The van der Waals surface area contributed by atoms with Gasteiger partial charge in [0.2, 0.25) is 0 Å². The van der Waals surface area contributed by atoms with E-state index in [1.165, 1.54) is 49.9 Å². The van der Waals surface area contributed by atoms with E-state index in [2.05, 4.69) is 29.9 Å². The molecule has 4 fully saturated rings. The van der Waals surface area contributed by atoms with Crippen LogP contribution in [-0.4, -0.2) is 15.0 Å². The number of pyridine rings is 1. The molecule has 2 atom stereocenters. The highest BCUT2D eigenvalue weighted by atomic mass is 15.0. The topological polar surface area (TPSA) is 41.6 Å². The van der Waals surface area contributed by atoms with Crippen molar-refractivity contribution < 1.29 is 0 Å². The van der Waals surface area contributed by atoms with Crippen LogP contribution in [0, 0.1) is 24.2 Å². The summed E-state index contributed by atoms with van der Waals surface area (Å²) < 4.78 is 0. The second-order valence-electron chi connectivity index (χ2n) is 8.52. The van der Waals surface area contributed by atoms with E-state index in [9.17, 15) is 0 Å². The lowest BCUT2D eigenvalue weighted by Crippen LogP contribution is -2.53. The van der Waals surface area contributed by atoms with Gasteiger partial charge >= 0.3 is 0 Å². The Morgan fingerprint density at radius 2 is 1.95 bits per heavy atom. The average molecular weight is 281 g/mol. The summed E-state index contributed by atoms with van der Waals surface area (Å²) in [6.45, 7) is 4.61. The monoisotopic (exact) mass is 281 g/mol. The number of nitrogens with one attached hydrogen (secondary N) is 1. The first-order valence-corrected chi connectivity index (χ1v) is 8.37. The minimum Gasteiger partial charge on any atom is -0.340 e. The summed E-state index contributed by atoms with van der Waals surface area (Å²) in [5.41, 5.74) is 4.09. The Balaban J connectivity index is 1.64. The van der Waals surface area contributed by atoms with Crippen LogP contribution in [0.2, 0.25) is 0 Å². The second kappa shape index (κ2) is 3.68. The summed E-state index contributed by atoms with van der Waals surface area (Å²) in [7, 11) is 0. The molecule has 21 heavy (non-hydrogen) atoms. The van der Waals surface area contributed by atoms with Gasteiger partial charge in [0.1, 0.15) is 5.82 Å². The van der Waals surface area contributed by atoms with Crippen LogP contribution in [0.4, 0.5) is 0 Å². The van der Waals surface area contributed by atoms with Crippen LogP contribution >= 0.6 is 0 Å². The highest BCUT2D eigenvalue weighted by Crippen LogP contribution is 2.65. The van der Waals surface area contributed by atoms with Crippen LogP contribution in [0.5, 0.6) is 0 Å². The molecular weight excluding hydrogens is 258 g/mol. The number of rotatable bonds is 1.